The molecule has 0 radical (unpaired) electrons. The third kappa shape index (κ3) is 4.07. The van der Waals surface area contributed by atoms with E-state index in [1.807, 2.05) is 37.3 Å². The van der Waals surface area contributed by atoms with Gasteiger partial charge in [-0.05, 0) is 55.4 Å². The van der Waals surface area contributed by atoms with E-state index in [1.54, 1.807) is 6.20 Å². The van der Waals surface area contributed by atoms with Gasteiger partial charge in [-0.25, -0.2) is 4.79 Å². The second kappa shape index (κ2) is 7.93. The molecule has 148 valence electrons. The maximum Gasteiger partial charge on any atom is 0.337 e. The van der Waals surface area contributed by atoms with Crippen molar-refractivity contribution in [2.75, 3.05) is 18.9 Å². The summed E-state index contributed by atoms with van der Waals surface area (Å²) in [5.74, 6) is 0.668. The van der Waals surface area contributed by atoms with Crippen molar-refractivity contribution in [2.24, 2.45) is 0 Å². The maximum atomic E-state index is 11.4. The average molecular weight is 389 g/mol. The molecule has 2 aromatic carbocycles. The minimum absolute atomic E-state index is 0.139. The number of aromatic nitrogens is 1. The number of fused-ring (bicyclic) bond motifs is 1. The Morgan fingerprint density at radius 2 is 1.97 bits per heavy atom. The number of carbonyl (C=O) groups is 1. The molecule has 1 aliphatic rings. The van der Waals surface area contributed by atoms with Crippen LogP contribution < -0.4 is 10.1 Å². The molecule has 4 rings (SSSR count). The van der Waals surface area contributed by atoms with Crippen molar-refractivity contribution in [1.29, 1.82) is 0 Å². The van der Waals surface area contributed by atoms with E-state index in [-0.39, 0.29) is 11.6 Å². The van der Waals surface area contributed by atoms with Gasteiger partial charge in [0, 0.05) is 19.3 Å². The molecule has 1 aromatic heterocycles. The first-order valence-electron chi connectivity index (χ1n) is 9.50. The highest BCUT2D eigenvalue weighted by Gasteiger charge is 2.28. The zero-order valence-corrected chi connectivity index (χ0v) is 16.4. The number of nitrogens with zero attached hydrogens (tertiary/aromatic N) is 2. The number of likely N-dealkylation sites (N-methyl/N-ethyl adjacent to an activating group) is 1. The van der Waals surface area contributed by atoms with Crippen LogP contribution in [0.25, 0.3) is 0 Å². The molecular formula is C23H23N3O3. The van der Waals surface area contributed by atoms with Gasteiger partial charge in [0.25, 0.3) is 0 Å². The highest BCUT2D eigenvalue weighted by molar-refractivity contribution is 5.93. The number of aryl methyl sites for hydroxylation is 1. The molecule has 1 aliphatic heterocycles. The molecule has 6 heteroatoms. The fourth-order valence-corrected chi connectivity index (χ4v) is 3.66. The van der Waals surface area contributed by atoms with E-state index in [0.29, 0.717) is 12.2 Å². The quantitative estimate of drug-likeness (QED) is 0.648. The Bertz CT molecular complexity index is 1030. The van der Waals surface area contributed by atoms with Crippen molar-refractivity contribution in [2.45, 2.75) is 19.5 Å². The monoisotopic (exact) mass is 389 g/mol. The van der Waals surface area contributed by atoms with Crippen molar-refractivity contribution >= 4 is 11.7 Å². The summed E-state index contributed by atoms with van der Waals surface area (Å²) >= 11 is 0. The number of anilines is 1. The van der Waals surface area contributed by atoms with Crippen LogP contribution in [0, 0.1) is 6.92 Å². The molecule has 0 bridgehead atoms. The van der Waals surface area contributed by atoms with Crippen molar-refractivity contribution < 1.29 is 14.6 Å². The molecule has 29 heavy (non-hydrogen) atoms. The number of pyridine rings is 1. The molecule has 2 heterocycles. The summed E-state index contributed by atoms with van der Waals surface area (Å²) in [5.41, 5.74) is 4.39. The summed E-state index contributed by atoms with van der Waals surface area (Å²) in [6.07, 6.45) is 3.04. The Morgan fingerprint density at radius 3 is 2.72 bits per heavy atom. The lowest BCUT2D eigenvalue weighted by atomic mass is 10.0. The molecule has 0 saturated heterocycles. The fraction of sp³-hybridized carbons (Fsp3) is 0.217. The molecule has 0 spiro atoms. The van der Waals surface area contributed by atoms with E-state index in [4.69, 9.17) is 4.74 Å². The van der Waals surface area contributed by atoms with Gasteiger partial charge in [-0.1, -0.05) is 23.8 Å². The topological polar surface area (TPSA) is 74.7 Å². The first-order chi connectivity index (χ1) is 14.0. The molecule has 2 N–H and O–H groups in total. The number of aromatic carboxylic acids is 1. The number of benzene rings is 2. The normalized spacial score (nSPS) is 15.7. The van der Waals surface area contributed by atoms with Gasteiger partial charge in [-0.3, -0.25) is 9.88 Å². The lowest BCUT2D eigenvalue weighted by molar-refractivity contribution is 0.0697. The van der Waals surface area contributed by atoms with E-state index in [1.165, 1.54) is 29.0 Å². The van der Waals surface area contributed by atoms with Crippen molar-refractivity contribution in [3.63, 3.8) is 0 Å². The van der Waals surface area contributed by atoms with Crippen LogP contribution in [0.2, 0.25) is 0 Å². The maximum absolute atomic E-state index is 11.4. The van der Waals surface area contributed by atoms with Gasteiger partial charge >= 0.3 is 5.97 Å². The van der Waals surface area contributed by atoms with Crippen LogP contribution in [0.15, 0.2) is 60.9 Å². The number of carboxylic acids is 1. The molecule has 6 nitrogen and oxygen atoms in total. The van der Waals surface area contributed by atoms with E-state index < -0.39 is 5.97 Å². The van der Waals surface area contributed by atoms with Gasteiger partial charge < -0.3 is 15.2 Å². The first kappa shape index (κ1) is 19.0. The van der Waals surface area contributed by atoms with Crippen LogP contribution in [-0.4, -0.2) is 34.6 Å². The van der Waals surface area contributed by atoms with Gasteiger partial charge in [0.15, 0.2) is 0 Å². The Kier molecular flexibility index (Phi) is 5.18. The van der Waals surface area contributed by atoms with Crippen LogP contribution in [-0.2, 0) is 6.54 Å². The van der Waals surface area contributed by atoms with E-state index >= 15 is 0 Å². The van der Waals surface area contributed by atoms with Crippen LogP contribution in [0.3, 0.4) is 0 Å². The van der Waals surface area contributed by atoms with Gasteiger partial charge in [0.1, 0.15) is 11.5 Å². The van der Waals surface area contributed by atoms with Gasteiger partial charge in [0.05, 0.1) is 23.5 Å². The van der Waals surface area contributed by atoms with E-state index in [0.717, 1.165) is 18.0 Å². The largest absolute Gasteiger partial charge is 0.478 e. The van der Waals surface area contributed by atoms with Crippen molar-refractivity contribution in [3.05, 3.63) is 83.2 Å². The number of carboxylic acid groups (broad SMARTS) is 1. The Labute approximate surface area is 169 Å². The van der Waals surface area contributed by atoms with Gasteiger partial charge in [0.2, 0.25) is 0 Å². The number of ether oxygens (including phenoxy) is 1. The summed E-state index contributed by atoms with van der Waals surface area (Å²) in [6, 6.07) is 15.8. The predicted molar refractivity (Wildman–Crippen MR) is 112 cm³/mol. The lowest BCUT2D eigenvalue weighted by Gasteiger charge is -2.22. The van der Waals surface area contributed by atoms with Crippen LogP contribution >= 0.6 is 0 Å². The molecule has 1 atom stereocenters. The highest BCUT2D eigenvalue weighted by atomic mass is 16.5. The predicted octanol–water partition coefficient (Wildman–Crippen LogP) is 4.48. The zero-order valence-electron chi connectivity index (χ0n) is 16.4. The summed E-state index contributed by atoms with van der Waals surface area (Å²) in [4.78, 5) is 17.7. The van der Waals surface area contributed by atoms with Crippen molar-refractivity contribution in [1.82, 2.24) is 9.88 Å². The Balaban J connectivity index is 1.49. The Morgan fingerprint density at radius 1 is 1.21 bits per heavy atom. The SMILES string of the molecule is Cc1ccc(Oc2ccc3c(c2)CN(C)[C@@H]3CNc2cnccc2C(=O)O)cc1. The summed E-state index contributed by atoms with van der Waals surface area (Å²) in [7, 11) is 2.06. The van der Waals surface area contributed by atoms with E-state index in [9.17, 15) is 9.90 Å². The smallest absolute Gasteiger partial charge is 0.337 e. The second-order valence-corrected chi connectivity index (χ2v) is 7.31. The molecular weight excluding hydrogens is 366 g/mol. The molecule has 0 amide bonds. The summed E-state index contributed by atoms with van der Waals surface area (Å²) in [5, 5.41) is 12.6. The standard InChI is InChI=1S/C23H23N3O3/c1-15-3-5-17(6-4-15)29-18-7-8-19-16(11-18)14-26(2)22(19)13-25-21-12-24-10-9-20(21)23(27)28/h3-12,22,25H,13-14H2,1-2H3,(H,27,28)/t22-/m1/s1. The van der Waals surface area contributed by atoms with Crippen LogP contribution in [0.4, 0.5) is 5.69 Å². The Hall–Kier alpha value is -3.38. The lowest BCUT2D eigenvalue weighted by Crippen LogP contribution is -2.24. The minimum atomic E-state index is -0.965. The summed E-state index contributed by atoms with van der Waals surface area (Å²) < 4.78 is 5.99. The summed E-state index contributed by atoms with van der Waals surface area (Å²) in [6.45, 7) is 3.45. The number of nitrogens with one attached hydrogen (secondary N) is 1. The molecule has 0 unspecified atom stereocenters. The third-order valence-corrected chi connectivity index (χ3v) is 5.22. The number of hydrogen-bond acceptors (Lipinski definition) is 5. The number of hydrogen-bond donors (Lipinski definition) is 2. The average Bonchev–Trinajstić information content (AvgIpc) is 3.02. The van der Waals surface area contributed by atoms with Crippen LogP contribution in [0.1, 0.15) is 33.1 Å². The van der Waals surface area contributed by atoms with Gasteiger partial charge in [-0.2, -0.15) is 0 Å². The highest BCUT2D eigenvalue weighted by Crippen LogP contribution is 2.36. The third-order valence-electron chi connectivity index (χ3n) is 5.22. The molecule has 3 aromatic rings. The van der Waals surface area contributed by atoms with Crippen molar-refractivity contribution in [3.8, 4) is 11.5 Å². The first-order valence-corrected chi connectivity index (χ1v) is 9.50. The molecule has 0 aliphatic carbocycles. The van der Waals surface area contributed by atoms with Gasteiger partial charge in [-0.15, -0.1) is 0 Å². The van der Waals surface area contributed by atoms with E-state index in [2.05, 4.69) is 34.4 Å². The molecule has 0 saturated carbocycles. The minimum Gasteiger partial charge on any atom is -0.478 e. The fourth-order valence-electron chi connectivity index (χ4n) is 3.66. The zero-order chi connectivity index (χ0) is 20.4. The second-order valence-electron chi connectivity index (χ2n) is 7.31. The molecule has 0 fully saturated rings. The number of rotatable bonds is 6. The van der Waals surface area contributed by atoms with Crippen LogP contribution in [0.5, 0.6) is 11.5 Å².